The molecule has 0 bridgehead atoms. The van der Waals surface area contributed by atoms with Crippen molar-refractivity contribution in [3.63, 3.8) is 0 Å². The smallest absolute Gasteiger partial charge is 0.191 e. The topological polar surface area (TPSA) is 73.3 Å². The van der Waals surface area contributed by atoms with E-state index in [1.165, 1.54) is 0 Å². The van der Waals surface area contributed by atoms with Gasteiger partial charge in [0.25, 0.3) is 0 Å². The number of hydrogen-bond donors (Lipinski definition) is 2. The zero-order valence-corrected chi connectivity index (χ0v) is 19.5. The number of rotatable bonds is 10. The number of benzene rings is 1. The lowest BCUT2D eigenvalue weighted by atomic mass is 10.0. The van der Waals surface area contributed by atoms with Crippen molar-refractivity contribution in [2.45, 2.75) is 25.8 Å². The van der Waals surface area contributed by atoms with E-state index in [1.807, 2.05) is 18.2 Å². The van der Waals surface area contributed by atoms with Crippen LogP contribution in [-0.2, 0) is 16.0 Å². The Balaban J connectivity index is 0.00000392. The number of ether oxygens (including phenoxy) is 4. The second-order valence-electron chi connectivity index (χ2n) is 6.49. The number of para-hydroxylation sites is 1. The molecule has 0 radical (unpaired) electrons. The molecule has 2 N–H and O–H groups in total. The first-order valence-electron chi connectivity index (χ1n) is 9.58. The molecular formula is C20H34IN3O4. The molecule has 1 aliphatic heterocycles. The van der Waals surface area contributed by atoms with Gasteiger partial charge in [-0.05, 0) is 31.2 Å². The molecule has 0 aromatic heterocycles. The van der Waals surface area contributed by atoms with Gasteiger partial charge in [-0.15, -0.1) is 24.0 Å². The third kappa shape index (κ3) is 8.40. The van der Waals surface area contributed by atoms with Gasteiger partial charge in [-0.2, -0.15) is 0 Å². The predicted molar refractivity (Wildman–Crippen MR) is 122 cm³/mol. The van der Waals surface area contributed by atoms with Crippen LogP contribution in [0.2, 0.25) is 0 Å². The first-order chi connectivity index (χ1) is 13.3. The zero-order valence-electron chi connectivity index (χ0n) is 17.2. The van der Waals surface area contributed by atoms with Crippen molar-refractivity contribution in [2.24, 2.45) is 10.9 Å². The Morgan fingerprint density at radius 3 is 2.64 bits per heavy atom. The van der Waals surface area contributed by atoms with Gasteiger partial charge in [-0.1, -0.05) is 12.1 Å². The van der Waals surface area contributed by atoms with Crippen LogP contribution < -0.4 is 20.1 Å². The second-order valence-corrected chi connectivity index (χ2v) is 6.49. The second kappa shape index (κ2) is 14.7. The van der Waals surface area contributed by atoms with E-state index in [1.54, 1.807) is 21.3 Å². The maximum atomic E-state index is 5.79. The van der Waals surface area contributed by atoms with Gasteiger partial charge in [0, 0.05) is 52.1 Å². The molecule has 1 aromatic carbocycles. The summed E-state index contributed by atoms with van der Waals surface area (Å²) in [7, 11) is 5.05. The van der Waals surface area contributed by atoms with Crippen molar-refractivity contribution >= 4 is 29.9 Å². The van der Waals surface area contributed by atoms with Crippen LogP contribution in [0.4, 0.5) is 0 Å². The van der Waals surface area contributed by atoms with Crippen LogP contribution in [0.3, 0.4) is 0 Å². The number of hydrogen-bond acceptors (Lipinski definition) is 5. The van der Waals surface area contributed by atoms with E-state index in [9.17, 15) is 0 Å². The van der Waals surface area contributed by atoms with Crippen LogP contribution >= 0.6 is 24.0 Å². The predicted octanol–water partition coefficient (Wildman–Crippen LogP) is 2.82. The molecule has 0 spiro atoms. The normalized spacial score (nSPS) is 14.9. The Hall–Kier alpha value is -1.26. The molecule has 0 aliphatic carbocycles. The van der Waals surface area contributed by atoms with Crippen LogP contribution in [0.5, 0.6) is 11.5 Å². The minimum Gasteiger partial charge on any atom is -0.493 e. The zero-order chi connectivity index (χ0) is 19.3. The molecule has 0 unspecified atom stereocenters. The average molecular weight is 507 g/mol. The fraction of sp³-hybridized carbons (Fsp3) is 0.650. The summed E-state index contributed by atoms with van der Waals surface area (Å²) in [4.78, 5) is 4.26. The maximum Gasteiger partial charge on any atom is 0.191 e. The van der Waals surface area contributed by atoms with Crippen LogP contribution in [0, 0.1) is 5.92 Å². The molecule has 0 atom stereocenters. The van der Waals surface area contributed by atoms with Crippen molar-refractivity contribution < 1.29 is 18.9 Å². The summed E-state index contributed by atoms with van der Waals surface area (Å²) in [5.74, 6) is 2.87. The highest BCUT2D eigenvalue weighted by Gasteiger charge is 2.13. The van der Waals surface area contributed by atoms with Gasteiger partial charge in [0.15, 0.2) is 17.5 Å². The molecule has 1 fully saturated rings. The highest BCUT2D eigenvalue weighted by Crippen LogP contribution is 2.30. The molecule has 0 amide bonds. The summed E-state index contributed by atoms with van der Waals surface area (Å²) in [6.07, 6.45) is 3.16. The van der Waals surface area contributed by atoms with E-state index in [0.29, 0.717) is 12.5 Å². The van der Waals surface area contributed by atoms with E-state index < -0.39 is 0 Å². The summed E-state index contributed by atoms with van der Waals surface area (Å²) >= 11 is 0. The molecule has 1 aromatic rings. The number of halogens is 1. The van der Waals surface area contributed by atoms with Gasteiger partial charge >= 0.3 is 0 Å². The molecule has 28 heavy (non-hydrogen) atoms. The molecule has 8 heteroatoms. The maximum absolute atomic E-state index is 5.79. The monoisotopic (exact) mass is 507 g/mol. The minimum atomic E-state index is 0. The lowest BCUT2D eigenvalue weighted by molar-refractivity contribution is 0.0203. The lowest BCUT2D eigenvalue weighted by Gasteiger charge is -2.21. The standard InChI is InChI=1S/C20H33N3O4.HI/c1-21-20(22-10-5-11-27-15-16-8-12-26-13-9-16)23-14-17-6-4-7-18(24-2)19(17)25-3;/h4,6-7,16H,5,8-15H2,1-3H3,(H2,21,22,23);1H. The van der Waals surface area contributed by atoms with Gasteiger partial charge in [0.2, 0.25) is 0 Å². The Morgan fingerprint density at radius 1 is 1.18 bits per heavy atom. The third-order valence-electron chi connectivity index (χ3n) is 4.61. The summed E-state index contributed by atoms with van der Waals surface area (Å²) in [6.45, 7) is 4.74. The van der Waals surface area contributed by atoms with Crippen molar-refractivity contribution in [1.29, 1.82) is 0 Å². The highest BCUT2D eigenvalue weighted by molar-refractivity contribution is 14.0. The first-order valence-corrected chi connectivity index (χ1v) is 9.58. The van der Waals surface area contributed by atoms with Crippen molar-refractivity contribution in [3.8, 4) is 11.5 Å². The fourth-order valence-electron chi connectivity index (χ4n) is 3.04. The quantitative estimate of drug-likeness (QED) is 0.220. The number of aliphatic imine (C=N–C) groups is 1. The average Bonchev–Trinajstić information content (AvgIpc) is 2.73. The Bertz CT molecular complexity index is 581. The largest absolute Gasteiger partial charge is 0.493 e. The van der Waals surface area contributed by atoms with Crippen molar-refractivity contribution in [3.05, 3.63) is 23.8 Å². The van der Waals surface area contributed by atoms with Gasteiger partial charge in [-0.3, -0.25) is 4.99 Å². The SMILES string of the molecule is CN=C(NCCCOCC1CCOCC1)NCc1cccc(OC)c1OC.I. The lowest BCUT2D eigenvalue weighted by Crippen LogP contribution is -2.37. The van der Waals surface area contributed by atoms with Gasteiger partial charge < -0.3 is 29.6 Å². The highest BCUT2D eigenvalue weighted by atomic mass is 127. The van der Waals surface area contributed by atoms with Gasteiger partial charge in [0.1, 0.15) is 0 Å². The van der Waals surface area contributed by atoms with Crippen LogP contribution in [-0.4, -0.2) is 60.2 Å². The van der Waals surface area contributed by atoms with E-state index in [-0.39, 0.29) is 24.0 Å². The van der Waals surface area contributed by atoms with E-state index in [0.717, 1.165) is 75.3 Å². The summed E-state index contributed by atoms with van der Waals surface area (Å²) < 4.78 is 21.9. The molecule has 1 saturated heterocycles. The Labute approximate surface area is 185 Å². The van der Waals surface area contributed by atoms with Gasteiger partial charge in [-0.25, -0.2) is 0 Å². The molecule has 2 rings (SSSR count). The number of nitrogens with one attached hydrogen (secondary N) is 2. The van der Waals surface area contributed by atoms with E-state index >= 15 is 0 Å². The van der Waals surface area contributed by atoms with E-state index in [2.05, 4.69) is 15.6 Å². The molecule has 7 nitrogen and oxygen atoms in total. The van der Waals surface area contributed by atoms with Crippen LogP contribution in [0.1, 0.15) is 24.8 Å². The van der Waals surface area contributed by atoms with Crippen molar-refractivity contribution in [1.82, 2.24) is 10.6 Å². The Kier molecular flexibility index (Phi) is 13.0. The molecular weight excluding hydrogens is 473 g/mol. The first kappa shape index (κ1) is 24.8. The fourth-order valence-corrected chi connectivity index (χ4v) is 3.04. The number of methoxy groups -OCH3 is 2. The van der Waals surface area contributed by atoms with Crippen LogP contribution in [0.15, 0.2) is 23.2 Å². The number of nitrogens with zero attached hydrogens (tertiary/aromatic N) is 1. The van der Waals surface area contributed by atoms with Gasteiger partial charge in [0.05, 0.1) is 14.2 Å². The molecule has 160 valence electrons. The van der Waals surface area contributed by atoms with E-state index in [4.69, 9.17) is 18.9 Å². The summed E-state index contributed by atoms with van der Waals surface area (Å²) in [5, 5.41) is 6.61. The summed E-state index contributed by atoms with van der Waals surface area (Å²) in [6, 6.07) is 5.84. The Morgan fingerprint density at radius 2 is 1.96 bits per heavy atom. The molecule has 1 aliphatic rings. The number of guanidine groups is 1. The third-order valence-corrected chi connectivity index (χ3v) is 4.61. The minimum absolute atomic E-state index is 0. The van der Waals surface area contributed by atoms with Crippen molar-refractivity contribution in [2.75, 3.05) is 54.2 Å². The molecule has 1 heterocycles. The molecule has 0 saturated carbocycles. The summed E-state index contributed by atoms with van der Waals surface area (Å²) in [5.41, 5.74) is 1.01. The van der Waals surface area contributed by atoms with Crippen LogP contribution in [0.25, 0.3) is 0 Å².